The van der Waals surface area contributed by atoms with Crippen molar-refractivity contribution in [2.24, 2.45) is 0 Å². The molecule has 1 saturated carbocycles. The summed E-state index contributed by atoms with van der Waals surface area (Å²) in [7, 11) is -3.63. The van der Waals surface area contributed by atoms with E-state index in [0.717, 1.165) is 0 Å². The van der Waals surface area contributed by atoms with Crippen LogP contribution in [0, 0.1) is 0 Å². The van der Waals surface area contributed by atoms with Gasteiger partial charge in [-0.3, -0.25) is 0 Å². The van der Waals surface area contributed by atoms with E-state index in [9.17, 15) is 8.42 Å². The summed E-state index contributed by atoms with van der Waals surface area (Å²) in [5.41, 5.74) is 0. The van der Waals surface area contributed by atoms with E-state index in [0.29, 0.717) is 12.8 Å². The molecule has 1 aliphatic rings. The van der Waals surface area contributed by atoms with Crippen LogP contribution < -0.4 is 4.72 Å². The Kier molecular flexibility index (Phi) is 3.16. The SMILES string of the molecule is O=S(=O)(NC1CC(O)C1)c1cccnc1Cl. The third-order valence-corrected chi connectivity index (χ3v) is 4.41. The minimum atomic E-state index is -3.63. The molecule has 5 nitrogen and oxygen atoms in total. The van der Waals surface area contributed by atoms with Crippen LogP contribution in [0.4, 0.5) is 0 Å². The normalized spacial score (nSPS) is 25.1. The van der Waals surface area contributed by atoms with Crippen molar-refractivity contribution in [2.45, 2.75) is 29.9 Å². The quantitative estimate of drug-likeness (QED) is 0.779. The van der Waals surface area contributed by atoms with Crippen LogP contribution in [0.1, 0.15) is 12.8 Å². The van der Waals surface area contributed by atoms with Crippen LogP contribution in [0.25, 0.3) is 0 Å². The highest BCUT2D eigenvalue weighted by molar-refractivity contribution is 7.89. The first-order valence-corrected chi connectivity index (χ1v) is 6.66. The average molecular weight is 263 g/mol. The Labute approximate surface area is 98.5 Å². The van der Waals surface area contributed by atoms with Gasteiger partial charge in [-0.2, -0.15) is 0 Å². The van der Waals surface area contributed by atoms with E-state index >= 15 is 0 Å². The van der Waals surface area contributed by atoms with Crippen LogP contribution in [0.2, 0.25) is 5.15 Å². The largest absolute Gasteiger partial charge is 0.393 e. The van der Waals surface area contributed by atoms with Gasteiger partial charge >= 0.3 is 0 Å². The fourth-order valence-electron chi connectivity index (χ4n) is 1.54. The molecule has 1 aromatic rings. The summed E-state index contributed by atoms with van der Waals surface area (Å²) >= 11 is 5.70. The number of pyridine rings is 1. The summed E-state index contributed by atoms with van der Waals surface area (Å²) in [6.07, 6.45) is 1.90. The Morgan fingerprint density at radius 3 is 2.75 bits per heavy atom. The van der Waals surface area contributed by atoms with Crippen molar-refractivity contribution >= 4 is 21.6 Å². The summed E-state index contributed by atoms with van der Waals surface area (Å²) in [6.45, 7) is 0. The second-order valence-corrected chi connectivity index (χ2v) is 5.78. The predicted octanol–water partition coefficient (Wildman–Crippen LogP) is 0.537. The third kappa shape index (κ3) is 2.35. The van der Waals surface area contributed by atoms with Crippen molar-refractivity contribution in [3.63, 3.8) is 0 Å². The number of aliphatic hydroxyl groups is 1. The molecule has 0 aliphatic heterocycles. The molecule has 0 spiro atoms. The summed E-state index contributed by atoms with van der Waals surface area (Å²) in [5, 5.41) is 9.02. The molecule has 1 aliphatic carbocycles. The number of sulfonamides is 1. The van der Waals surface area contributed by atoms with E-state index in [-0.39, 0.29) is 16.1 Å². The van der Waals surface area contributed by atoms with Crippen LogP contribution in [0.15, 0.2) is 23.2 Å². The second-order valence-electron chi connectivity index (χ2n) is 3.74. The first kappa shape index (κ1) is 11.8. The van der Waals surface area contributed by atoms with Crippen molar-refractivity contribution in [1.29, 1.82) is 0 Å². The van der Waals surface area contributed by atoms with E-state index in [2.05, 4.69) is 9.71 Å². The molecule has 88 valence electrons. The molecule has 0 bridgehead atoms. The van der Waals surface area contributed by atoms with Gasteiger partial charge in [0.05, 0.1) is 6.10 Å². The molecule has 7 heteroatoms. The maximum absolute atomic E-state index is 11.8. The predicted molar refractivity (Wildman–Crippen MR) is 58.6 cm³/mol. The van der Waals surface area contributed by atoms with Crippen molar-refractivity contribution in [3.05, 3.63) is 23.5 Å². The molecule has 2 rings (SSSR count). The maximum atomic E-state index is 11.8. The molecule has 0 unspecified atom stereocenters. The minimum absolute atomic E-state index is 0.0296. The first-order chi connectivity index (χ1) is 7.49. The molecule has 1 heterocycles. The zero-order chi connectivity index (χ0) is 11.8. The van der Waals surface area contributed by atoms with E-state index in [1.54, 1.807) is 0 Å². The zero-order valence-electron chi connectivity index (χ0n) is 8.30. The second kappa shape index (κ2) is 4.29. The van der Waals surface area contributed by atoms with Gasteiger partial charge < -0.3 is 5.11 Å². The van der Waals surface area contributed by atoms with Crippen LogP contribution in [0.3, 0.4) is 0 Å². The van der Waals surface area contributed by atoms with Crippen molar-refractivity contribution in [3.8, 4) is 0 Å². The highest BCUT2D eigenvalue weighted by Gasteiger charge is 2.32. The lowest BCUT2D eigenvalue weighted by molar-refractivity contribution is 0.0712. The standard InChI is InChI=1S/C9H11ClN2O3S/c10-9-8(2-1-3-11-9)16(14,15)12-6-4-7(13)5-6/h1-3,6-7,12-13H,4-5H2. The van der Waals surface area contributed by atoms with Gasteiger partial charge in [-0.1, -0.05) is 11.6 Å². The van der Waals surface area contributed by atoms with Gasteiger partial charge in [0.1, 0.15) is 10.0 Å². The Balaban J connectivity index is 2.16. The van der Waals surface area contributed by atoms with Crippen molar-refractivity contribution < 1.29 is 13.5 Å². The Morgan fingerprint density at radius 2 is 2.19 bits per heavy atom. The number of aliphatic hydroxyl groups excluding tert-OH is 1. The third-order valence-electron chi connectivity index (χ3n) is 2.45. The molecule has 1 aromatic heterocycles. The lowest BCUT2D eigenvalue weighted by Crippen LogP contribution is -2.46. The van der Waals surface area contributed by atoms with Crippen LogP contribution in [-0.4, -0.2) is 30.7 Å². The number of rotatable bonds is 3. The number of aromatic nitrogens is 1. The summed E-state index contributed by atoms with van der Waals surface area (Å²) in [4.78, 5) is 3.68. The molecule has 0 amide bonds. The minimum Gasteiger partial charge on any atom is -0.393 e. The monoisotopic (exact) mass is 262 g/mol. The Hall–Kier alpha value is -0.690. The van der Waals surface area contributed by atoms with Gasteiger partial charge in [-0.15, -0.1) is 0 Å². The van der Waals surface area contributed by atoms with Gasteiger partial charge in [0.25, 0.3) is 0 Å². The number of nitrogens with zero attached hydrogens (tertiary/aromatic N) is 1. The number of hydrogen-bond acceptors (Lipinski definition) is 4. The van der Waals surface area contributed by atoms with Crippen LogP contribution >= 0.6 is 11.6 Å². The number of nitrogens with one attached hydrogen (secondary N) is 1. The van der Waals surface area contributed by atoms with Gasteiger partial charge in [0, 0.05) is 12.2 Å². The molecule has 1 fully saturated rings. The summed E-state index contributed by atoms with van der Waals surface area (Å²) < 4.78 is 26.2. The fourth-order valence-corrected chi connectivity index (χ4v) is 3.25. The first-order valence-electron chi connectivity index (χ1n) is 4.80. The zero-order valence-corrected chi connectivity index (χ0v) is 9.87. The molecule has 0 saturated heterocycles. The molecular weight excluding hydrogens is 252 g/mol. The summed E-state index contributed by atoms with van der Waals surface area (Å²) in [6, 6.07) is 2.69. The average Bonchev–Trinajstić information content (AvgIpc) is 2.15. The molecule has 0 atom stereocenters. The molecule has 0 aromatic carbocycles. The number of hydrogen-bond donors (Lipinski definition) is 2. The molecule has 16 heavy (non-hydrogen) atoms. The van der Waals surface area contributed by atoms with Crippen molar-refractivity contribution in [2.75, 3.05) is 0 Å². The van der Waals surface area contributed by atoms with Crippen molar-refractivity contribution in [1.82, 2.24) is 9.71 Å². The topological polar surface area (TPSA) is 79.3 Å². The van der Waals surface area contributed by atoms with Gasteiger partial charge in [-0.05, 0) is 25.0 Å². The highest BCUT2D eigenvalue weighted by atomic mass is 35.5. The molecule has 0 radical (unpaired) electrons. The lowest BCUT2D eigenvalue weighted by atomic mass is 9.91. The Bertz CT molecular complexity index is 485. The summed E-state index contributed by atoms with van der Waals surface area (Å²) in [5.74, 6) is 0. The maximum Gasteiger partial charge on any atom is 0.243 e. The van der Waals surface area contributed by atoms with Gasteiger partial charge in [0.15, 0.2) is 0 Å². The van der Waals surface area contributed by atoms with Crippen LogP contribution in [-0.2, 0) is 10.0 Å². The van der Waals surface area contributed by atoms with Gasteiger partial charge in [-0.25, -0.2) is 18.1 Å². The van der Waals surface area contributed by atoms with E-state index in [1.165, 1.54) is 18.3 Å². The smallest absolute Gasteiger partial charge is 0.243 e. The van der Waals surface area contributed by atoms with E-state index in [4.69, 9.17) is 16.7 Å². The lowest BCUT2D eigenvalue weighted by Gasteiger charge is -2.31. The Morgan fingerprint density at radius 1 is 1.50 bits per heavy atom. The molecule has 2 N–H and O–H groups in total. The van der Waals surface area contributed by atoms with Crippen LogP contribution in [0.5, 0.6) is 0 Å². The highest BCUT2D eigenvalue weighted by Crippen LogP contribution is 2.24. The fraction of sp³-hybridized carbons (Fsp3) is 0.444. The van der Waals surface area contributed by atoms with Gasteiger partial charge in [0.2, 0.25) is 10.0 Å². The van der Waals surface area contributed by atoms with E-state index < -0.39 is 16.1 Å². The number of halogens is 1. The van der Waals surface area contributed by atoms with E-state index in [1.807, 2.05) is 0 Å². The molecular formula is C9H11ClN2O3S.